The van der Waals surface area contributed by atoms with Crippen LogP contribution in [-0.2, 0) is 4.74 Å². The van der Waals surface area contributed by atoms with Crippen molar-refractivity contribution in [2.45, 2.75) is 24.5 Å². The summed E-state index contributed by atoms with van der Waals surface area (Å²) in [6.45, 7) is -0.465. The summed E-state index contributed by atoms with van der Waals surface area (Å²) < 4.78 is 6.55. The average Bonchev–Trinajstić information content (AvgIpc) is 2.90. The number of fused-ring (bicyclic) bond motifs is 1. The highest BCUT2D eigenvalue weighted by atomic mass is 35.5. The number of nitrogens with one attached hydrogen (secondary N) is 1. The van der Waals surface area contributed by atoms with E-state index in [2.05, 4.69) is 15.0 Å². The molecule has 4 N–H and O–H groups in total. The van der Waals surface area contributed by atoms with Gasteiger partial charge in [-0.15, -0.1) is 0 Å². The molecule has 9 nitrogen and oxygen atoms in total. The number of ether oxygens (including phenoxy) is 1. The molecule has 1 aliphatic rings. The predicted octanol–water partition coefficient (Wildman–Crippen LogP) is -1.62. The number of aromatic amines is 1. The minimum absolute atomic E-state index is 0.00441. The summed E-state index contributed by atoms with van der Waals surface area (Å²) in [5, 5.41) is 28.7. The molecular formula is C10H11ClN4O5. The van der Waals surface area contributed by atoms with E-state index in [1.807, 2.05) is 0 Å². The molecule has 1 aliphatic heterocycles. The second kappa shape index (κ2) is 4.79. The highest BCUT2D eigenvalue weighted by Gasteiger charge is 2.44. The van der Waals surface area contributed by atoms with Crippen LogP contribution in [0.25, 0.3) is 11.2 Å². The molecule has 0 amide bonds. The SMILES string of the molecule is O=c1[nH]cnc2c1nc(Cl)n2[C@@H]1O[C@H](CO)C(O)[C@@H]1O. The van der Waals surface area contributed by atoms with E-state index in [0.717, 1.165) is 0 Å². The van der Waals surface area contributed by atoms with Crippen molar-refractivity contribution in [3.05, 3.63) is 22.0 Å². The van der Waals surface area contributed by atoms with Crippen molar-refractivity contribution in [2.75, 3.05) is 6.61 Å². The van der Waals surface area contributed by atoms with Crippen LogP contribution in [0.4, 0.5) is 0 Å². The third kappa shape index (κ3) is 1.83. The molecule has 20 heavy (non-hydrogen) atoms. The molecule has 0 radical (unpaired) electrons. The highest BCUT2D eigenvalue weighted by Crippen LogP contribution is 2.33. The number of imidazole rings is 1. The van der Waals surface area contributed by atoms with Crippen molar-refractivity contribution < 1.29 is 20.1 Å². The van der Waals surface area contributed by atoms with Crippen LogP contribution in [-0.4, -0.2) is 59.8 Å². The van der Waals surface area contributed by atoms with Crippen LogP contribution in [0.3, 0.4) is 0 Å². The van der Waals surface area contributed by atoms with Gasteiger partial charge in [0.2, 0.25) is 5.28 Å². The molecule has 2 aromatic heterocycles. The zero-order chi connectivity index (χ0) is 14.4. The van der Waals surface area contributed by atoms with E-state index < -0.39 is 36.7 Å². The number of halogens is 1. The quantitative estimate of drug-likeness (QED) is 0.490. The van der Waals surface area contributed by atoms with Crippen LogP contribution < -0.4 is 5.56 Å². The van der Waals surface area contributed by atoms with Gasteiger partial charge in [-0.3, -0.25) is 9.36 Å². The van der Waals surface area contributed by atoms with E-state index in [0.29, 0.717) is 0 Å². The Balaban J connectivity index is 2.14. The lowest BCUT2D eigenvalue weighted by Gasteiger charge is -2.17. The van der Waals surface area contributed by atoms with E-state index in [-0.39, 0.29) is 16.4 Å². The van der Waals surface area contributed by atoms with E-state index >= 15 is 0 Å². The molecule has 10 heteroatoms. The fourth-order valence-corrected chi connectivity index (χ4v) is 2.47. The van der Waals surface area contributed by atoms with Crippen LogP contribution >= 0.6 is 11.6 Å². The summed E-state index contributed by atoms with van der Waals surface area (Å²) in [5.74, 6) is 0. The van der Waals surface area contributed by atoms with E-state index in [1.54, 1.807) is 0 Å². The summed E-state index contributed by atoms with van der Waals surface area (Å²) in [7, 11) is 0. The lowest BCUT2D eigenvalue weighted by Crippen LogP contribution is -2.33. The molecule has 3 rings (SSSR count). The third-order valence-corrected chi connectivity index (χ3v) is 3.48. The van der Waals surface area contributed by atoms with E-state index in [4.69, 9.17) is 21.4 Å². The first-order chi connectivity index (χ1) is 9.54. The Morgan fingerprint density at radius 3 is 2.85 bits per heavy atom. The number of nitrogens with zero attached hydrogens (tertiary/aromatic N) is 3. The first kappa shape index (κ1) is 13.5. The summed E-state index contributed by atoms with van der Waals surface area (Å²) in [5.41, 5.74) is -0.369. The molecule has 0 aliphatic carbocycles. The molecule has 0 aromatic carbocycles. The third-order valence-electron chi connectivity index (χ3n) is 3.21. The maximum absolute atomic E-state index is 11.6. The van der Waals surface area contributed by atoms with Crippen molar-refractivity contribution in [2.24, 2.45) is 0 Å². The van der Waals surface area contributed by atoms with Crippen LogP contribution in [0.15, 0.2) is 11.1 Å². The zero-order valence-corrected chi connectivity index (χ0v) is 10.7. The fraction of sp³-hybridized carbons (Fsp3) is 0.500. The standard InChI is InChI=1S/C10H11ClN4O5/c11-10-14-4-7(12-2-13-8(4)19)15(10)9-6(18)5(17)3(1-16)20-9/h2-3,5-6,9,16-18H,1H2,(H,12,13,19)/t3-,5?,6+,9-/m1/s1. The van der Waals surface area contributed by atoms with Crippen LogP contribution in [0.1, 0.15) is 6.23 Å². The van der Waals surface area contributed by atoms with Crippen molar-refractivity contribution in [3.63, 3.8) is 0 Å². The molecule has 3 heterocycles. The Bertz CT molecular complexity index is 701. The Kier molecular flexibility index (Phi) is 3.22. The van der Waals surface area contributed by atoms with Crippen molar-refractivity contribution in [1.29, 1.82) is 0 Å². The largest absolute Gasteiger partial charge is 0.394 e. The maximum atomic E-state index is 11.6. The second-order valence-electron chi connectivity index (χ2n) is 4.38. The molecule has 4 atom stereocenters. The molecule has 1 saturated heterocycles. The van der Waals surface area contributed by atoms with Gasteiger partial charge in [-0.2, -0.15) is 0 Å². The normalized spacial score (nSPS) is 30.2. The summed E-state index contributed by atoms with van der Waals surface area (Å²) >= 11 is 5.95. The molecule has 1 unspecified atom stereocenters. The number of hydrogen-bond donors (Lipinski definition) is 4. The molecular weight excluding hydrogens is 292 g/mol. The van der Waals surface area contributed by atoms with Gasteiger partial charge in [-0.25, -0.2) is 9.97 Å². The highest BCUT2D eigenvalue weighted by molar-refractivity contribution is 6.29. The Hall–Kier alpha value is -1.52. The van der Waals surface area contributed by atoms with Crippen molar-refractivity contribution in [3.8, 4) is 0 Å². The van der Waals surface area contributed by atoms with Crippen LogP contribution in [0.5, 0.6) is 0 Å². The monoisotopic (exact) mass is 302 g/mol. The minimum atomic E-state index is -1.33. The molecule has 0 spiro atoms. The molecule has 2 aromatic rings. The van der Waals surface area contributed by atoms with Crippen LogP contribution in [0, 0.1) is 0 Å². The van der Waals surface area contributed by atoms with E-state index in [1.165, 1.54) is 10.9 Å². The average molecular weight is 303 g/mol. The molecule has 1 fully saturated rings. The molecule has 0 saturated carbocycles. The number of hydrogen-bond acceptors (Lipinski definition) is 7. The van der Waals surface area contributed by atoms with Crippen LogP contribution in [0.2, 0.25) is 5.28 Å². The van der Waals surface area contributed by atoms with Gasteiger partial charge in [-0.05, 0) is 11.6 Å². The smallest absolute Gasteiger partial charge is 0.278 e. The maximum Gasteiger partial charge on any atom is 0.278 e. The Morgan fingerprint density at radius 1 is 1.45 bits per heavy atom. The van der Waals surface area contributed by atoms with Gasteiger partial charge in [0.25, 0.3) is 5.56 Å². The summed E-state index contributed by atoms with van der Waals surface area (Å²) in [4.78, 5) is 21.8. The number of H-pyrrole nitrogens is 1. The Morgan fingerprint density at radius 2 is 2.20 bits per heavy atom. The minimum Gasteiger partial charge on any atom is -0.394 e. The van der Waals surface area contributed by atoms with E-state index in [9.17, 15) is 15.0 Å². The number of aliphatic hydroxyl groups excluding tert-OH is 3. The first-order valence-corrected chi connectivity index (χ1v) is 6.16. The van der Waals surface area contributed by atoms with Crippen molar-refractivity contribution in [1.82, 2.24) is 19.5 Å². The fourth-order valence-electron chi connectivity index (χ4n) is 2.21. The molecule has 108 valence electrons. The zero-order valence-electron chi connectivity index (χ0n) is 9.97. The van der Waals surface area contributed by atoms with Gasteiger partial charge < -0.3 is 25.0 Å². The second-order valence-corrected chi connectivity index (χ2v) is 4.72. The number of rotatable bonds is 2. The van der Waals surface area contributed by atoms with Gasteiger partial charge in [-0.1, -0.05) is 0 Å². The number of aromatic nitrogens is 4. The van der Waals surface area contributed by atoms with Gasteiger partial charge in [0, 0.05) is 0 Å². The van der Waals surface area contributed by atoms with Gasteiger partial charge in [0.05, 0.1) is 12.9 Å². The Labute approximate surface area is 116 Å². The van der Waals surface area contributed by atoms with Gasteiger partial charge >= 0.3 is 0 Å². The summed E-state index contributed by atoms with van der Waals surface area (Å²) in [6.07, 6.45) is -3.48. The van der Waals surface area contributed by atoms with Crippen molar-refractivity contribution >= 4 is 22.8 Å². The predicted molar refractivity (Wildman–Crippen MR) is 66.2 cm³/mol. The number of aliphatic hydroxyl groups is 3. The molecule has 0 bridgehead atoms. The topological polar surface area (TPSA) is 133 Å². The van der Waals surface area contributed by atoms with Gasteiger partial charge in [0.15, 0.2) is 17.4 Å². The summed E-state index contributed by atoms with van der Waals surface area (Å²) in [6, 6.07) is 0. The lowest BCUT2D eigenvalue weighted by molar-refractivity contribution is -0.0509. The first-order valence-electron chi connectivity index (χ1n) is 5.78. The lowest BCUT2D eigenvalue weighted by atomic mass is 10.1. The van der Waals surface area contributed by atoms with Gasteiger partial charge in [0.1, 0.15) is 18.3 Å².